The molecule has 0 bridgehead atoms. The van der Waals surface area contributed by atoms with Crippen LogP contribution in [0.1, 0.15) is 20.3 Å². The number of halogens is 1. The fourth-order valence-electron chi connectivity index (χ4n) is 5.62. The number of aromatic amines is 2. The number of hydrogen-bond acceptors (Lipinski definition) is 5. The number of benzene rings is 3. The first kappa shape index (κ1) is 29.1. The van der Waals surface area contributed by atoms with Crippen molar-refractivity contribution in [3.05, 3.63) is 97.2 Å². The molecule has 0 aliphatic rings. The van der Waals surface area contributed by atoms with E-state index in [4.69, 9.17) is 0 Å². The molecule has 0 fully saturated rings. The molecule has 224 valence electrons. The molecule has 4 N–H and O–H groups in total. The highest BCUT2D eigenvalue weighted by molar-refractivity contribution is 6.02. The fraction of sp³-hybridized carbons (Fsp3) is 0.222. The number of nitrogens with one attached hydrogen (secondary N) is 4. The van der Waals surface area contributed by atoms with Gasteiger partial charge < -0.3 is 20.5 Å². The standard InChI is InChI=1S/C36H38FN7/c1-22(2)13-23(3)40-29-16-26(20-38-21-29)24-9-10-34-32(17-24)36(43-42-34)35-19-31-30(7-6-8-33(31)41-35)25-14-27(37)18-28(15-25)39-11-12-44(4)5/h6-10,14-22,39-41H,3,11-13H2,1-2,4-5H3,(H,42,43). The van der Waals surface area contributed by atoms with E-state index in [-0.39, 0.29) is 5.82 Å². The summed E-state index contributed by atoms with van der Waals surface area (Å²) in [6, 6.07) is 21.7. The van der Waals surface area contributed by atoms with Gasteiger partial charge in [-0.2, -0.15) is 5.10 Å². The van der Waals surface area contributed by atoms with Gasteiger partial charge in [0.15, 0.2) is 0 Å². The summed E-state index contributed by atoms with van der Waals surface area (Å²) in [6.45, 7) is 10.1. The third-order valence-electron chi connectivity index (χ3n) is 7.63. The number of hydrogen-bond donors (Lipinski definition) is 4. The average Bonchev–Trinajstić information content (AvgIpc) is 3.60. The van der Waals surface area contributed by atoms with Crippen molar-refractivity contribution in [3.8, 4) is 33.6 Å². The quantitative estimate of drug-likeness (QED) is 0.122. The van der Waals surface area contributed by atoms with Crippen molar-refractivity contribution in [1.82, 2.24) is 25.1 Å². The average molecular weight is 588 g/mol. The van der Waals surface area contributed by atoms with E-state index in [1.807, 2.05) is 56.8 Å². The molecule has 0 spiro atoms. The molecule has 8 heteroatoms. The predicted octanol–water partition coefficient (Wildman–Crippen LogP) is 8.52. The molecule has 0 saturated heterocycles. The Labute approximate surface area is 257 Å². The number of nitrogens with zero attached hydrogens (tertiary/aromatic N) is 3. The Hall–Kier alpha value is -4.95. The Morgan fingerprint density at radius 2 is 1.75 bits per heavy atom. The van der Waals surface area contributed by atoms with Crippen molar-refractivity contribution in [2.75, 3.05) is 37.8 Å². The van der Waals surface area contributed by atoms with E-state index < -0.39 is 0 Å². The van der Waals surface area contributed by atoms with E-state index in [1.54, 1.807) is 12.1 Å². The van der Waals surface area contributed by atoms with Crippen LogP contribution in [0.15, 0.2) is 91.4 Å². The lowest BCUT2D eigenvalue weighted by Gasteiger charge is -2.13. The van der Waals surface area contributed by atoms with E-state index >= 15 is 0 Å². The summed E-state index contributed by atoms with van der Waals surface area (Å²) in [6.07, 6.45) is 4.59. The lowest BCUT2D eigenvalue weighted by atomic mass is 10.0. The second-order valence-corrected chi connectivity index (χ2v) is 12.0. The highest BCUT2D eigenvalue weighted by Gasteiger charge is 2.15. The normalized spacial score (nSPS) is 11.6. The highest BCUT2D eigenvalue weighted by Crippen LogP contribution is 2.36. The van der Waals surface area contributed by atoms with E-state index in [2.05, 4.69) is 80.4 Å². The number of pyridine rings is 1. The molecule has 0 radical (unpaired) electrons. The molecule has 3 heterocycles. The first-order chi connectivity index (χ1) is 21.2. The van der Waals surface area contributed by atoms with Crippen LogP contribution in [0.25, 0.3) is 55.4 Å². The Balaban J connectivity index is 1.33. The van der Waals surface area contributed by atoms with Gasteiger partial charge in [0, 0.05) is 52.5 Å². The molecule has 7 nitrogen and oxygen atoms in total. The summed E-state index contributed by atoms with van der Waals surface area (Å²) in [5.41, 5.74) is 10.1. The number of likely N-dealkylation sites (N-methyl/N-ethyl adjacent to an activating group) is 1. The lowest BCUT2D eigenvalue weighted by Crippen LogP contribution is -2.20. The number of fused-ring (bicyclic) bond motifs is 2. The zero-order chi connectivity index (χ0) is 30.8. The topological polar surface area (TPSA) is 84.7 Å². The van der Waals surface area contributed by atoms with E-state index in [0.717, 1.165) is 92.0 Å². The molecule has 0 aliphatic carbocycles. The minimum Gasteiger partial charge on any atom is -0.384 e. The van der Waals surface area contributed by atoms with Crippen molar-refractivity contribution in [2.45, 2.75) is 20.3 Å². The van der Waals surface area contributed by atoms with Crippen LogP contribution in [0.3, 0.4) is 0 Å². The van der Waals surface area contributed by atoms with Crippen LogP contribution in [-0.2, 0) is 0 Å². The first-order valence-corrected chi connectivity index (χ1v) is 14.9. The van der Waals surface area contributed by atoms with Gasteiger partial charge >= 0.3 is 0 Å². The minimum atomic E-state index is -0.272. The molecule has 6 rings (SSSR count). The zero-order valence-corrected chi connectivity index (χ0v) is 25.6. The zero-order valence-electron chi connectivity index (χ0n) is 25.6. The monoisotopic (exact) mass is 587 g/mol. The van der Waals surface area contributed by atoms with Gasteiger partial charge in [-0.15, -0.1) is 0 Å². The highest BCUT2D eigenvalue weighted by atomic mass is 19.1. The molecule has 0 unspecified atom stereocenters. The van der Waals surface area contributed by atoms with Gasteiger partial charge in [-0.25, -0.2) is 4.39 Å². The molecular formula is C36H38FN7. The lowest BCUT2D eigenvalue weighted by molar-refractivity contribution is 0.425. The van der Waals surface area contributed by atoms with Crippen molar-refractivity contribution in [3.63, 3.8) is 0 Å². The smallest absolute Gasteiger partial charge is 0.125 e. The maximum absolute atomic E-state index is 14.7. The van der Waals surface area contributed by atoms with Crippen LogP contribution < -0.4 is 10.6 Å². The van der Waals surface area contributed by atoms with Crippen LogP contribution in [0.4, 0.5) is 15.8 Å². The van der Waals surface area contributed by atoms with Gasteiger partial charge in [0.2, 0.25) is 0 Å². The molecule has 6 aromatic rings. The molecule has 0 amide bonds. The minimum absolute atomic E-state index is 0.272. The maximum atomic E-state index is 14.7. The summed E-state index contributed by atoms with van der Waals surface area (Å²) in [4.78, 5) is 10.1. The Morgan fingerprint density at radius 3 is 2.57 bits per heavy atom. The van der Waals surface area contributed by atoms with Crippen LogP contribution >= 0.6 is 0 Å². The molecule has 0 aliphatic heterocycles. The van der Waals surface area contributed by atoms with Gasteiger partial charge in [-0.05, 0) is 91.7 Å². The molecule has 3 aromatic carbocycles. The predicted molar refractivity (Wildman–Crippen MR) is 181 cm³/mol. The number of aromatic nitrogens is 4. The molecule has 0 atom stereocenters. The number of anilines is 2. The largest absolute Gasteiger partial charge is 0.384 e. The third-order valence-corrected chi connectivity index (χ3v) is 7.63. The number of rotatable bonds is 11. The first-order valence-electron chi connectivity index (χ1n) is 14.9. The van der Waals surface area contributed by atoms with E-state index in [9.17, 15) is 4.39 Å². The number of allylic oxidation sites excluding steroid dienone is 1. The van der Waals surface area contributed by atoms with Gasteiger partial charge in [0.1, 0.15) is 11.5 Å². The second kappa shape index (κ2) is 12.3. The fourth-order valence-corrected chi connectivity index (χ4v) is 5.62. The van der Waals surface area contributed by atoms with Crippen molar-refractivity contribution < 1.29 is 4.39 Å². The van der Waals surface area contributed by atoms with Gasteiger partial charge in [0.25, 0.3) is 0 Å². The Morgan fingerprint density at radius 1 is 0.909 bits per heavy atom. The Kier molecular flexibility index (Phi) is 8.17. The van der Waals surface area contributed by atoms with Crippen molar-refractivity contribution >= 4 is 33.2 Å². The summed E-state index contributed by atoms with van der Waals surface area (Å²) in [5, 5.41) is 16.6. The summed E-state index contributed by atoms with van der Waals surface area (Å²) in [5.74, 6) is 0.252. The molecular weight excluding hydrogens is 549 g/mol. The summed E-state index contributed by atoms with van der Waals surface area (Å²) >= 11 is 0. The van der Waals surface area contributed by atoms with Crippen LogP contribution in [0.5, 0.6) is 0 Å². The third kappa shape index (κ3) is 6.35. The van der Waals surface area contributed by atoms with Gasteiger partial charge in [-0.1, -0.05) is 38.6 Å². The van der Waals surface area contributed by atoms with Crippen LogP contribution in [0, 0.1) is 11.7 Å². The molecule has 0 saturated carbocycles. The van der Waals surface area contributed by atoms with Crippen LogP contribution in [0.2, 0.25) is 0 Å². The van der Waals surface area contributed by atoms with E-state index in [1.165, 1.54) is 0 Å². The summed E-state index contributed by atoms with van der Waals surface area (Å²) in [7, 11) is 4.04. The van der Waals surface area contributed by atoms with E-state index in [0.29, 0.717) is 5.92 Å². The number of H-pyrrole nitrogens is 2. The van der Waals surface area contributed by atoms with Crippen molar-refractivity contribution in [1.29, 1.82) is 0 Å². The maximum Gasteiger partial charge on any atom is 0.125 e. The SMILES string of the molecule is C=C(CC(C)C)Nc1cncc(-c2ccc3[nH]nc(-c4cc5c(-c6cc(F)cc(NCCN(C)C)c6)cccc5[nH]4)c3c2)c1. The van der Waals surface area contributed by atoms with Crippen LogP contribution in [-0.4, -0.2) is 52.3 Å². The van der Waals surface area contributed by atoms with Gasteiger partial charge in [0.05, 0.1) is 23.1 Å². The molecule has 44 heavy (non-hydrogen) atoms. The Bertz CT molecular complexity index is 1950. The molecule has 3 aromatic heterocycles. The van der Waals surface area contributed by atoms with Crippen molar-refractivity contribution in [2.24, 2.45) is 5.92 Å². The summed E-state index contributed by atoms with van der Waals surface area (Å²) < 4.78 is 14.7. The van der Waals surface area contributed by atoms with Gasteiger partial charge in [-0.3, -0.25) is 10.1 Å². The second-order valence-electron chi connectivity index (χ2n) is 12.0.